The summed E-state index contributed by atoms with van der Waals surface area (Å²) < 4.78 is 11.2. The van der Waals surface area contributed by atoms with Gasteiger partial charge in [0.2, 0.25) is 6.79 Å². The largest absolute Gasteiger partial charge is 0.454 e. The molecule has 4 nitrogen and oxygen atoms in total. The Morgan fingerprint density at radius 3 is 3.06 bits per heavy atom. The highest BCUT2D eigenvalue weighted by molar-refractivity contribution is 7.15. The summed E-state index contributed by atoms with van der Waals surface area (Å²) in [4.78, 5) is 4.17. The van der Waals surface area contributed by atoms with Crippen LogP contribution in [-0.2, 0) is 6.54 Å². The fourth-order valence-corrected chi connectivity index (χ4v) is 2.45. The van der Waals surface area contributed by atoms with E-state index in [1.807, 2.05) is 18.2 Å². The number of halogens is 1. The van der Waals surface area contributed by atoms with E-state index in [0.29, 0.717) is 17.7 Å². The number of nitrogens with one attached hydrogen (secondary N) is 1. The van der Waals surface area contributed by atoms with E-state index in [1.165, 1.54) is 11.3 Å². The molecule has 0 amide bonds. The summed E-state index contributed by atoms with van der Waals surface area (Å²) in [5, 5.41) is 4.21. The van der Waals surface area contributed by atoms with Crippen LogP contribution in [0.3, 0.4) is 0 Å². The van der Waals surface area contributed by atoms with Gasteiger partial charge in [-0.05, 0) is 12.1 Å². The van der Waals surface area contributed by atoms with Gasteiger partial charge in [0.05, 0.1) is 12.7 Å². The summed E-state index contributed by atoms with van der Waals surface area (Å²) in [6.07, 6.45) is 1.66. The Labute approximate surface area is 107 Å². The minimum Gasteiger partial charge on any atom is -0.454 e. The van der Waals surface area contributed by atoms with Crippen LogP contribution in [0.4, 0.5) is 5.69 Å². The number of fused-ring (bicyclic) bond motifs is 1. The van der Waals surface area contributed by atoms with Crippen LogP contribution in [0.15, 0.2) is 24.4 Å². The summed E-state index contributed by atoms with van der Waals surface area (Å²) >= 11 is 7.28. The van der Waals surface area contributed by atoms with Crippen LogP contribution in [0.1, 0.15) is 5.01 Å². The van der Waals surface area contributed by atoms with Gasteiger partial charge in [-0.15, -0.1) is 11.3 Å². The van der Waals surface area contributed by atoms with E-state index in [-0.39, 0.29) is 0 Å². The van der Waals surface area contributed by atoms with Gasteiger partial charge in [0, 0.05) is 11.8 Å². The van der Waals surface area contributed by atoms with Crippen molar-refractivity contribution in [3.63, 3.8) is 0 Å². The first-order chi connectivity index (χ1) is 8.31. The Hall–Kier alpha value is -1.46. The van der Waals surface area contributed by atoms with Gasteiger partial charge in [-0.25, -0.2) is 4.98 Å². The van der Waals surface area contributed by atoms with E-state index in [4.69, 9.17) is 21.1 Å². The standard InChI is InChI=1S/C11H9ClN2O2S/c12-10-4-14-11(17-10)5-13-7-1-2-8-9(3-7)16-6-15-8/h1-4,13H,5-6H2. The van der Waals surface area contributed by atoms with Crippen molar-refractivity contribution in [2.75, 3.05) is 12.1 Å². The Kier molecular flexibility index (Phi) is 2.78. The Morgan fingerprint density at radius 2 is 2.24 bits per heavy atom. The molecule has 1 N–H and O–H groups in total. The zero-order valence-electron chi connectivity index (χ0n) is 8.77. The quantitative estimate of drug-likeness (QED) is 0.929. The van der Waals surface area contributed by atoms with Gasteiger partial charge >= 0.3 is 0 Å². The average Bonchev–Trinajstić information content (AvgIpc) is 2.94. The molecule has 1 aromatic heterocycles. The third-order valence-electron chi connectivity index (χ3n) is 2.34. The molecule has 1 aromatic carbocycles. The molecule has 0 aliphatic carbocycles. The number of benzene rings is 1. The van der Waals surface area contributed by atoms with E-state index >= 15 is 0 Å². The lowest BCUT2D eigenvalue weighted by Crippen LogP contribution is -1.98. The normalized spacial score (nSPS) is 12.8. The lowest BCUT2D eigenvalue weighted by Gasteiger charge is -2.04. The minimum atomic E-state index is 0.293. The molecule has 2 heterocycles. The fraction of sp³-hybridized carbons (Fsp3) is 0.182. The molecule has 0 atom stereocenters. The topological polar surface area (TPSA) is 43.4 Å². The second-order valence-corrected chi connectivity index (χ2v) is 5.23. The fourth-order valence-electron chi connectivity index (χ4n) is 1.55. The predicted molar refractivity (Wildman–Crippen MR) is 67.0 cm³/mol. The molecule has 0 bridgehead atoms. The number of hydrogen-bond donors (Lipinski definition) is 1. The highest BCUT2D eigenvalue weighted by Crippen LogP contribution is 2.34. The number of nitrogens with zero attached hydrogens (tertiary/aromatic N) is 1. The molecule has 3 rings (SSSR count). The minimum absolute atomic E-state index is 0.293. The lowest BCUT2D eigenvalue weighted by atomic mass is 10.3. The molecular formula is C11H9ClN2O2S. The zero-order valence-corrected chi connectivity index (χ0v) is 10.3. The summed E-state index contributed by atoms with van der Waals surface area (Å²) in [6.45, 7) is 0.942. The molecule has 0 saturated heterocycles. The Bertz CT molecular complexity index is 544. The van der Waals surface area contributed by atoms with Crippen LogP contribution < -0.4 is 14.8 Å². The van der Waals surface area contributed by atoms with Gasteiger partial charge in [-0.2, -0.15) is 0 Å². The summed E-state index contributed by atoms with van der Waals surface area (Å²) in [7, 11) is 0. The second-order valence-electron chi connectivity index (χ2n) is 3.48. The van der Waals surface area contributed by atoms with Crippen molar-refractivity contribution in [1.82, 2.24) is 4.98 Å². The monoisotopic (exact) mass is 268 g/mol. The summed E-state index contributed by atoms with van der Waals surface area (Å²) in [5.74, 6) is 1.56. The number of aromatic nitrogens is 1. The van der Waals surface area contributed by atoms with Crippen LogP contribution in [-0.4, -0.2) is 11.8 Å². The molecule has 2 aromatic rings. The smallest absolute Gasteiger partial charge is 0.231 e. The molecule has 1 aliphatic heterocycles. The van der Waals surface area contributed by atoms with E-state index < -0.39 is 0 Å². The van der Waals surface area contributed by atoms with E-state index in [2.05, 4.69) is 10.3 Å². The van der Waals surface area contributed by atoms with Crippen molar-refractivity contribution in [2.45, 2.75) is 6.54 Å². The maximum absolute atomic E-state index is 5.81. The number of hydrogen-bond acceptors (Lipinski definition) is 5. The Morgan fingerprint density at radius 1 is 1.35 bits per heavy atom. The van der Waals surface area contributed by atoms with Crippen molar-refractivity contribution in [1.29, 1.82) is 0 Å². The van der Waals surface area contributed by atoms with E-state index in [0.717, 1.165) is 22.2 Å². The van der Waals surface area contributed by atoms with Crippen molar-refractivity contribution in [3.05, 3.63) is 33.7 Å². The van der Waals surface area contributed by atoms with Gasteiger partial charge in [0.1, 0.15) is 9.34 Å². The average molecular weight is 269 g/mol. The number of ether oxygens (including phenoxy) is 2. The van der Waals surface area contributed by atoms with Crippen LogP contribution in [0.5, 0.6) is 11.5 Å². The van der Waals surface area contributed by atoms with Gasteiger partial charge in [-0.3, -0.25) is 0 Å². The molecule has 88 valence electrons. The first kappa shape index (κ1) is 10.7. The molecule has 17 heavy (non-hydrogen) atoms. The molecule has 6 heteroatoms. The highest BCUT2D eigenvalue weighted by atomic mass is 35.5. The molecular weight excluding hydrogens is 260 g/mol. The van der Waals surface area contributed by atoms with Gasteiger partial charge in [0.15, 0.2) is 11.5 Å². The van der Waals surface area contributed by atoms with Gasteiger partial charge in [0.25, 0.3) is 0 Å². The van der Waals surface area contributed by atoms with E-state index in [9.17, 15) is 0 Å². The molecule has 0 unspecified atom stereocenters. The summed E-state index contributed by atoms with van der Waals surface area (Å²) in [6, 6.07) is 5.75. The van der Waals surface area contributed by atoms with Crippen LogP contribution in [0, 0.1) is 0 Å². The first-order valence-electron chi connectivity index (χ1n) is 5.05. The lowest BCUT2D eigenvalue weighted by molar-refractivity contribution is 0.174. The van der Waals surface area contributed by atoms with Gasteiger partial charge < -0.3 is 14.8 Å². The van der Waals surface area contributed by atoms with Crippen LogP contribution in [0.2, 0.25) is 4.34 Å². The Balaban J connectivity index is 1.69. The zero-order chi connectivity index (χ0) is 11.7. The summed E-state index contributed by atoms with van der Waals surface area (Å²) in [5.41, 5.74) is 0.973. The third kappa shape index (κ3) is 2.30. The second kappa shape index (κ2) is 4.43. The first-order valence-corrected chi connectivity index (χ1v) is 6.24. The van der Waals surface area contributed by atoms with E-state index in [1.54, 1.807) is 6.20 Å². The number of thiazole rings is 1. The van der Waals surface area contributed by atoms with Crippen LogP contribution >= 0.6 is 22.9 Å². The van der Waals surface area contributed by atoms with Crippen molar-refractivity contribution < 1.29 is 9.47 Å². The molecule has 0 saturated carbocycles. The van der Waals surface area contributed by atoms with Gasteiger partial charge in [-0.1, -0.05) is 11.6 Å². The number of anilines is 1. The van der Waals surface area contributed by atoms with Crippen molar-refractivity contribution >= 4 is 28.6 Å². The SMILES string of the molecule is Clc1cnc(CNc2ccc3c(c2)OCO3)s1. The maximum Gasteiger partial charge on any atom is 0.231 e. The van der Waals surface area contributed by atoms with Crippen molar-refractivity contribution in [3.8, 4) is 11.5 Å². The molecule has 1 aliphatic rings. The van der Waals surface area contributed by atoms with Crippen LogP contribution in [0.25, 0.3) is 0 Å². The molecule has 0 spiro atoms. The number of rotatable bonds is 3. The molecule has 0 fully saturated rings. The van der Waals surface area contributed by atoms with Crippen molar-refractivity contribution in [2.24, 2.45) is 0 Å². The molecule has 0 radical (unpaired) electrons. The highest BCUT2D eigenvalue weighted by Gasteiger charge is 2.13. The third-order valence-corrected chi connectivity index (χ3v) is 3.46. The predicted octanol–water partition coefficient (Wildman–Crippen LogP) is 3.14. The maximum atomic E-state index is 5.81.